The van der Waals surface area contributed by atoms with Gasteiger partial charge in [0, 0.05) is 21.4 Å². The highest BCUT2D eigenvalue weighted by Crippen LogP contribution is 2.32. The van der Waals surface area contributed by atoms with Gasteiger partial charge in [-0.05, 0) is 31.2 Å². The molecule has 20 heavy (non-hydrogen) atoms. The fraction of sp³-hybridized carbons (Fsp3) is 0.533. The predicted molar refractivity (Wildman–Crippen MR) is 90.7 cm³/mol. The van der Waals surface area contributed by atoms with Crippen LogP contribution in [0.1, 0.15) is 34.6 Å². The Morgan fingerprint density at radius 1 is 1.20 bits per heavy atom. The number of nitrogens with one attached hydrogen (secondary N) is 1. The van der Waals surface area contributed by atoms with E-state index in [4.69, 9.17) is 5.73 Å². The number of halogens is 1. The van der Waals surface area contributed by atoms with Gasteiger partial charge < -0.3 is 11.1 Å². The van der Waals surface area contributed by atoms with Crippen LogP contribution in [0.3, 0.4) is 0 Å². The molecule has 0 spiro atoms. The fourth-order valence-electron chi connectivity index (χ4n) is 1.45. The van der Waals surface area contributed by atoms with E-state index < -0.39 is 0 Å². The molecule has 0 bridgehead atoms. The summed E-state index contributed by atoms with van der Waals surface area (Å²) in [5.41, 5.74) is 6.54. The summed E-state index contributed by atoms with van der Waals surface area (Å²) in [5, 5.41) is 2.88. The Labute approximate surface area is 132 Å². The Bertz CT molecular complexity index is 426. The molecular formula is C15H25ClN2OS. The van der Waals surface area contributed by atoms with Crippen LogP contribution in [-0.2, 0) is 4.79 Å². The Hall–Kier alpha value is -0.710. The Kier molecular flexibility index (Phi) is 7.63. The number of anilines is 1. The Balaban J connectivity index is 0.00000361. The second-order valence-corrected chi connectivity index (χ2v) is 7.78. The molecule has 5 heteroatoms. The third-order valence-corrected chi connectivity index (χ3v) is 3.87. The molecule has 0 radical (unpaired) electrons. The topological polar surface area (TPSA) is 55.1 Å². The van der Waals surface area contributed by atoms with Crippen LogP contribution in [0.5, 0.6) is 0 Å². The van der Waals surface area contributed by atoms with E-state index in [1.165, 1.54) is 4.90 Å². The minimum Gasteiger partial charge on any atom is -0.327 e. The van der Waals surface area contributed by atoms with Crippen molar-refractivity contribution in [2.75, 3.05) is 5.32 Å². The van der Waals surface area contributed by atoms with Crippen LogP contribution >= 0.6 is 24.2 Å². The van der Waals surface area contributed by atoms with Crippen LogP contribution < -0.4 is 11.1 Å². The van der Waals surface area contributed by atoms with Crippen molar-refractivity contribution in [2.45, 2.75) is 50.3 Å². The minimum atomic E-state index is -0.191. The second-order valence-electron chi connectivity index (χ2n) is 5.88. The maximum absolute atomic E-state index is 11.9. The van der Waals surface area contributed by atoms with Crippen LogP contribution in [0.2, 0.25) is 0 Å². The van der Waals surface area contributed by atoms with E-state index in [0.717, 1.165) is 5.69 Å². The van der Waals surface area contributed by atoms with Crippen molar-refractivity contribution in [2.24, 2.45) is 11.7 Å². The number of hydrogen-bond acceptors (Lipinski definition) is 3. The summed E-state index contributed by atoms with van der Waals surface area (Å²) in [6.07, 6.45) is 0. The molecule has 0 aliphatic carbocycles. The van der Waals surface area contributed by atoms with E-state index in [0.29, 0.717) is 0 Å². The first-order valence-electron chi connectivity index (χ1n) is 6.54. The van der Waals surface area contributed by atoms with Crippen molar-refractivity contribution in [3.63, 3.8) is 0 Å². The van der Waals surface area contributed by atoms with Crippen molar-refractivity contribution in [3.05, 3.63) is 24.3 Å². The van der Waals surface area contributed by atoms with Gasteiger partial charge in [-0.2, -0.15) is 0 Å². The summed E-state index contributed by atoms with van der Waals surface area (Å²) < 4.78 is 0.189. The van der Waals surface area contributed by atoms with Gasteiger partial charge in [-0.15, -0.1) is 24.2 Å². The number of carbonyl (C=O) groups is 1. The highest BCUT2D eigenvalue weighted by molar-refractivity contribution is 8.00. The highest BCUT2D eigenvalue weighted by atomic mass is 35.5. The van der Waals surface area contributed by atoms with Crippen LogP contribution in [0.4, 0.5) is 5.69 Å². The molecule has 1 amide bonds. The normalized spacial score (nSPS) is 14.1. The molecule has 0 fully saturated rings. The number of rotatable bonds is 4. The summed E-state index contributed by atoms with van der Waals surface area (Å²) in [4.78, 5) is 13.1. The van der Waals surface area contributed by atoms with Crippen LogP contribution in [0.15, 0.2) is 29.2 Å². The average Bonchev–Trinajstić information content (AvgIpc) is 2.28. The van der Waals surface area contributed by atoms with Crippen molar-refractivity contribution in [3.8, 4) is 0 Å². The lowest BCUT2D eigenvalue weighted by Gasteiger charge is -2.18. The van der Waals surface area contributed by atoms with Crippen molar-refractivity contribution >= 4 is 35.8 Å². The number of thioether (sulfide) groups is 1. The first-order chi connectivity index (χ1) is 8.69. The van der Waals surface area contributed by atoms with Gasteiger partial charge in [0.25, 0.3) is 0 Å². The molecule has 0 aliphatic heterocycles. The maximum Gasteiger partial charge on any atom is 0.228 e. The summed E-state index contributed by atoms with van der Waals surface area (Å²) in [6.45, 7) is 10.2. The largest absolute Gasteiger partial charge is 0.327 e. The van der Waals surface area contributed by atoms with Crippen LogP contribution in [-0.4, -0.2) is 16.7 Å². The Morgan fingerprint density at radius 2 is 1.70 bits per heavy atom. The smallest absolute Gasteiger partial charge is 0.228 e. The van der Waals surface area contributed by atoms with Gasteiger partial charge in [-0.1, -0.05) is 27.7 Å². The molecule has 3 nitrogen and oxygen atoms in total. The van der Waals surface area contributed by atoms with E-state index in [-0.39, 0.29) is 35.0 Å². The predicted octanol–water partition coefficient (Wildman–Crippen LogP) is 3.92. The van der Waals surface area contributed by atoms with Gasteiger partial charge in [-0.25, -0.2) is 0 Å². The van der Waals surface area contributed by atoms with E-state index in [2.05, 4.69) is 26.1 Å². The second kappa shape index (κ2) is 7.91. The molecule has 0 saturated carbocycles. The molecule has 0 heterocycles. The SMILES string of the molecule is CC(N)C(C)C(=O)Nc1ccc(SC(C)(C)C)cc1.Cl. The average molecular weight is 317 g/mol. The number of amides is 1. The van der Waals surface area contributed by atoms with Gasteiger partial charge in [0.15, 0.2) is 0 Å². The lowest BCUT2D eigenvalue weighted by molar-refractivity contribution is -0.119. The molecule has 0 saturated heterocycles. The van der Waals surface area contributed by atoms with E-state index >= 15 is 0 Å². The fourth-order valence-corrected chi connectivity index (χ4v) is 2.43. The summed E-state index contributed by atoms with van der Waals surface area (Å²) in [7, 11) is 0. The molecule has 2 unspecified atom stereocenters. The molecule has 2 atom stereocenters. The number of hydrogen-bond donors (Lipinski definition) is 2. The molecular weight excluding hydrogens is 292 g/mol. The molecule has 1 aromatic carbocycles. The zero-order valence-corrected chi connectivity index (χ0v) is 14.4. The molecule has 0 aliphatic rings. The van der Waals surface area contributed by atoms with Crippen LogP contribution in [0, 0.1) is 5.92 Å². The van der Waals surface area contributed by atoms with Gasteiger partial charge >= 0.3 is 0 Å². The number of benzene rings is 1. The molecule has 114 valence electrons. The lowest BCUT2D eigenvalue weighted by Crippen LogP contribution is -2.34. The molecule has 1 aromatic rings. The summed E-state index contributed by atoms with van der Waals surface area (Å²) in [6, 6.07) is 7.78. The van der Waals surface area contributed by atoms with Crippen molar-refractivity contribution in [1.82, 2.24) is 0 Å². The van der Waals surface area contributed by atoms with E-state index in [9.17, 15) is 4.79 Å². The van der Waals surface area contributed by atoms with Gasteiger partial charge in [0.2, 0.25) is 5.91 Å². The maximum atomic E-state index is 11.9. The number of carbonyl (C=O) groups excluding carboxylic acids is 1. The van der Waals surface area contributed by atoms with Gasteiger partial charge in [0.05, 0.1) is 5.92 Å². The highest BCUT2D eigenvalue weighted by Gasteiger charge is 2.17. The standard InChI is InChI=1S/C15H24N2OS.ClH/c1-10(11(2)16)14(18)17-12-6-8-13(9-7-12)19-15(3,4)5;/h6-11H,16H2,1-5H3,(H,17,18);1H. The van der Waals surface area contributed by atoms with Gasteiger partial charge in [-0.3, -0.25) is 4.79 Å². The summed E-state index contributed by atoms with van der Waals surface area (Å²) >= 11 is 1.81. The monoisotopic (exact) mass is 316 g/mol. The number of nitrogens with two attached hydrogens (primary N) is 1. The quantitative estimate of drug-likeness (QED) is 0.828. The van der Waals surface area contributed by atoms with Crippen molar-refractivity contribution < 1.29 is 4.79 Å². The van der Waals surface area contributed by atoms with E-state index in [1.54, 1.807) is 11.8 Å². The zero-order chi connectivity index (χ0) is 14.6. The summed E-state index contributed by atoms with van der Waals surface area (Å²) in [5.74, 6) is -0.227. The first-order valence-corrected chi connectivity index (χ1v) is 7.36. The Morgan fingerprint density at radius 3 is 2.10 bits per heavy atom. The van der Waals surface area contributed by atoms with E-state index in [1.807, 2.05) is 38.1 Å². The molecule has 0 aromatic heterocycles. The van der Waals surface area contributed by atoms with Crippen LogP contribution in [0.25, 0.3) is 0 Å². The first kappa shape index (κ1) is 19.3. The molecule has 3 N–H and O–H groups in total. The third kappa shape index (κ3) is 6.64. The van der Waals surface area contributed by atoms with Crippen molar-refractivity contribution in [1.29, 1.82) is 0 Å². The van der Waals surface area contributed by atoms with Gasteiger partial charge in [0.1, 0.15) is 0 Å². The zero-order valence-electron chi connectivity index (χ0n) is 12.8. The lowest BCUT2D eigenvalue weighted by atomic mass is 10.0. The third-order valence-electron chi connectivity index (χ3n) is 2.75. The molecule has 1 rings (SSSR count). The minimum absolute atomic E-state index is 0.